The number of rotatable bonds is 6. The molecule has 2 N–H and O–H groups in total. The SMILES string of the molecule is [2H]C(Oc1c(OC)cc(CC(C)N)cc1OC)=C(F)F. The predicted molar refractivity (Wildman–Crippen MR) is 67.8 cm³/mol. The van der Waals surface area contributed by atoms with E-state index >= 15 is 0 Å². The Morgan fingerprint density at radius 3 is 2.26 bits per heavy atom. The van der Waals surface area contributed by atoms with E-state index in [2.05, 4.69) is 0 Å². The molecule has 0 spiro atoms. The van der Waals surface area contributed by atoms with Gasteiger partial charge in [-0.2, -0.15) is 8.78 Å². The van der Waals surface area contributed by atoms with Crippen molar-refractivity contribution >= 4 is 0 Å². The van der Waals surface area contributed by atoms with Crippen molar-refractivity contribution in [2.45, 2.75) is 19.4 Å². The Kier molecular flexibility index (Phi) is 4.97. The highest BCUT2D eigenvalue weighted by Gasteiger charge is 2.14. The fraction of sp³-hybridized carbons (Fsp3) is 0.385. The van der Waals surface area contributed by atoms with E-state index in [1.807, 2.05) is 6.92 Å². The minimum absolute atomic E-state index is 0.0683. The molecule has 0 radical (unpaired) electrons. The van der Waals surface area contributed by atoms with Crippen LogP contribution < -0.4 is 19.9 Å². The molecule has 0 bridgehead atoms. The fourth-order valence-corrected chi connectivity index (χ4v) is 1.61. The van der Waals surface area contributed by atoms with Crippen LogP contribution in [0.4, 0.5) is 8.78 Å². The summed E-state index contributed by atoms with van der Waals surface area (Å²) in [6.45, 7) is 1.84. The Morgan fingerprint density at radius 2 is 1.89 bits per heavy atom. The van der Waals surface area contributed by atoms with Crippen molar-refractivity contribution in [3.8, 4) is 17.2 Å². The van der Waals surface area contributed by atoms with Crippen molar-refractivity contribution in [3.63, 3.8) is 0 Å². The second-order valence-corrected chi connectivity index (χ2v) is 3.98. The monoisotopic (exact) mass is 274 g/mol. The van der Waals surface area contributed by atoms with Crippen molar-refractivity contribution < 1.29 is 24.4 Å². The molecule has 1 aromatic rings. The maximum absolute atomic E-state index is 12.3. The summed E-state index contributed by atoms with van der Waals surface area (Å²) < 4.78 is 46.6. The molecule has 0 aliphatic heterocycles. The van der Waals surface area contributed by atoms with Crippen LogP contribution in [0, 0.1) is 0 Å². The lowest BCUT2D eigenvalue weighted by atomic mass is 10.1. The topological polar surface area (TPSA) is 53.7 Å². The second-order valence-electron chi connectivity index (χ2n) is 3.98. The van der Waals surface area contributed by atoms with E-state index in [1.165, 1.54) is 14.2 Å². The van der Waals surface area contributed by atoms with Crippen LogP contribution in [0.2, 0.25) is 0 Å². The summed E-state index contributed by atoms with van der Waals surface area (Å²) in [4.78, 5) is 0. The van der Waals surface area contributed by atoms with Crippen LogP contribution in [0.3, 0.4) is 0 Å². The number of ether oxygens (including phenoxy) is 3. The maximum Gasteiger partial charge on any atom is 0.305 e. The molecule has 6 heteroatoms. The van der Waals surface area contributed by atoms with Gasteiger partial charge in [-0.05, 0) is 31.0 Å². The minimum Gasteiger partial charge on any atom is -0.493 e. The zero-order chi connectivity index (χ0) is 15.3. The number of halogens is 2. The van der Waals surface area contributed by atoms with Crippen molar-refractivity contribution in [3.05, 3.63) is 30.0 Å². The van der Waals surface area contributed by atoms with Gasteiger partial charge in [-0.1, -0.05) is 0 Å². The molecule has 4 nitrogen and oxygen atoms in total. The lowest BCUT2D eigenvalue weighted by Gasteiger charge is -2.15. The van der Waals surface area contributed by atoms with Gasteiger partial charge in [0, 0.05) is 6.04 Å². The Hall–Kier alpha value is -1.82. The molecule has 1 aromatic carbocycles. The molecule has 0 fully saturated rings. The van der Waals surface area contributed by atoms with E-state index in [1.54, 1.807) is 12.1 Å². The molecule has 1 atom stereocenters. The summed E-state index contributed by atoms with van der Waals surface area (Å²) in [5.41, 5.74) is 6.53. The van der Waals surface area contributed by atoms with Gasteiger partial charge in [0.1, 0.15) is 1.37 Å². The van der Waals surface area contributed by atoms with Crippen LogP contribution in [0.25, 0.3) is 0 Å². The first-order valence-electron chi connectivity index (χ1n) is 6.09. The third kappa shape index (κ3) is 4.40. The average Bonchev–Trinajstić information content (AvgIpc) is 2.38. The van der Waals surface area contributed by atoms with E-state index in [4.69, 9.17) is 21.3 Å². The number of benzene rings is 1. The molecule has 1 unspecified atom stereocenters. The molecule has 0 saturated carbocycles. The third-order valence-electron chi connectivity index (χ3n) is 2.31. The van der Waals surface area contributed by atoms with Gasteiger partial charge in [0.15, 0.2) is 17.7 Å². The molecule has 0 heterocycles. The first kappa shape index (κ1) is 13.6. The van der Waals surface area contributed by atoms with E-state index in [9.17, 15) is 8.78 Å². The van der Waals surface area contributed by atoms with Crippen LogP contribution in [-0.2, 0) is 6.42 Å². The average molecular weight is 274 g/mol. The smallest absolute Gasteiger partial charge is 0.305 e. The van der Waals surface area contributed by atoms with Gasteiger partial charge in [-0.3, -0.25) is 0 Å². The maximum atomic E-state index is 12.3. The zero-order valence-corrected chi connectivity index (χ0v) is 11.0. The van der Waals surface area contributed by atoms with Gasteiger partial charge >= 0.3 is 6.08 Å². The molecule has 0 aromatic heterocycles. The van der Waals surface area contributed by atoms with Crippen LogP contribution in [-0.4, -0.2) is 20.3 Å². The molecular formula is C13H17F2NO3. The Labute approximate surface area is 112 Å². The zero-order valence-electron chi connectivity index (χ0n) is 12.0. The summed E-state index contributed by atoms with van der Waals surface area (Å²) in [7, 11) is 2.74. The Balaban J connectivity index is 3.25. The minimum atomic E-state index is -2.23. The number of hydrogen-bond donors (Lipinski definition) is 1. The normalized spacial score (nSPS) is 12.4. The summed E-state index contributed by atoms with van der Waals surface area (Å²) in [5.74, 6) is 0.332. The van der Waals surface area contributed by atoms with Crippen LogP contribution in [0.5, 0.6) is 17.2 Å². The quantitative estimate of drug-likeness (QED) is 0.810. The van der Waals surface area contributed by atoms with Gasteiger partial charge in [-0.25, -0.2) is 0 Å². The van der Waals surface area contributed by atoms with Gasteiger partial charge in [0.2, 0.25) is 5.75 Å². The summed E-state index contributed by atoms with van der Waals surface area (Å²) in [6, 6.07) is 3.15. The van der Waals surface area contributed by atoms with Gasteiger partial charge in [-0.15, -0.1) is 0 Å². The Morgan fingerprint density at radius 1 is 1.37 bits per heavy atom. The molecule has 0 saturated heterocycles. The molecule has 0 amide bonds. The summed E-state index contributed by atoms with van der Waals surface area (Å²) in [6.07, 6.45) is -2.91. The van der Waals surface area contributed by atoms with Crippen molar-refractivity contribution in [2.75, 3.05) is 14.2 Å². The van der Waals surface area contributed by atoms with E-state index in [-0.39, 0.29) is 23.3 Å². The Bertz CT molecular complexity index is 477. The van der Waals surface area contributed by atoms with Gasteiger partial charge in [0.25, 0.3) is 0 Å². The fourth-order valence-electron chi connectivity index (χ4n) is 1.61. The summed E-state index contributed by atoms with van der Waals surface area (Å²) >= 11 is 0. The number of methoxy groups -OCH3 is 2. The molecule has 1 rings (SSSR count). The van der Waals surface area contributed by atoms with Crippen molar-refractivity contribution in [2.24, 2.45) is 5.73 Å². The number of nitrogens with two attached hydrogens (primary N) is 1. The first-order valence-corrected chi connectivity index (χ1v) is 5.59. The third-order valence-corrected chi connectivity index (χ3v) is 2.31. The van der Waals surface area contributed by atoms with Gasteiger partial charge in [0.05, 0.1) is 14.2 Å². The standard InChI is InChI=1S/C13H17F2NO3/c1-8(16)4-9-5-10(17-2)13(11(6-9)18-3)19-7-12(14)15/h5-8H,4,16H2,1-3H3/i7D. The van der Waals surface area contributed by atoms with Crippen LogP contribution in [0.15, 0.2) is 24.5 Å². The second kappa shape index (κ2) is 6.94. The predicted octanol–water partition coefficient (Wildman–Crippen LogP) is 2.71. The highest BCUT2D eigenvalue weighted by Crippen LogP contribution is 2.39. The largest absolute Gasteiger partial charge is 0.493 e. The van der Waals surface area contributed by atoms with Gasteiger partial charge < -0.3 is 19.9 Å². The van der Waals surface area contributed by atoms with E-state index < -0.39 is 12.3 Å². The molecule has 0 aliphatic carbocycles. The molecule has 106 valence electrons. The number of hydrogen-bond acceptors (Lipinski definition) is 4. The lowest BCUT2D eigenvalue weighted by molar-refractivity contribution is 0.323. The van der Waals surface area contributed by atoms with E-state index in [0.717, 1.165) is 5.56 Å². The van der Waals surface area contributed by atoms with Crippen molar-refractivity contribution in [1.82, 2.24) is 0 Å². The van der Waals surface area contributed by atoms with Crippen LogP contribution >= 0.6 is 0 Å². The van der Waals surface area contributed by atoms with E-state index in [0.29, 0.717) is 6.42 Å². The highest BCUT2D eigenvalue weighted by atomic mass is 19.3. The highest BCUT2D eigenvalue weighted by molar-refractivity contribution is 5.54. The molecule has 19 heavy (non-hydrogen) atoms. The lowest BCUT2D eigenvalue weighted by Crippen LogP contribution is -2.17. The molecular weight excluding hydrogens is 256 g/mol. The molecule has 0 aliphatic rings. The van der Waals surface area contributed by atoms with Crippen molar-refractivity contribution in [1.29, 1.82) is 0 Å². The first-order chi connectivity index (χ1) is 9.38. The van der Waals surface area contributed by atoms with Crippen LogP contribution in [0.1, 0.15) is 13.9 Å². The summed E-state index contributed by atoms with van der Waals surface area (Å²) in [5, 5.41) is 0.